The highest BCUT2D eigenvalue weighted by Crippen LogP contribution is 2.46. The monoisotopic (exact) mass is 274 g/mol. The summed E-state index contributed by atoms with van der Waals surface area (Å²) in [6.07, 6.45) is 6.92. The van der Waals surface area contributed by atoms with Crippen LogP contribution < -0.4 is 0 Å². The Bertz CT molecular complexity index is 466. The summed E-state index contributed by atoms with van der Waals surface area (Å²) in [6.45, 7) is 6.45. The smallest absolute Gasteiger partial charge is 0.338 e. The van der Waals surface area contributed by atoms with Crippen molar-refractivity contribution in [2.24, 2.45) is 5.41 Å². The fourth-order valence-electron chi connectivity index (χ4n) is 3.63. The standard InChI is InChI=1S/C18H26O2/c1-4-11-18(5-2)12-7-10-16(18)20-17(19)15-9-6-8-14(3)13-15/h6,8-9,13,16H,4-5,7,10-12H2,1-3H3. The van der Waals surface area contributed by atoms with Crippen LogP contribution in [0.1, 0.15) is 68.3 Å². The minimum absolute atomic E-state index is 0.0977. The van der Waals surface area contributed by atoms with E-state index in [4.69, 9.17) is 4.74 Å². The zero-order valence-corrected chi connectivity index (χ0v) is 12.9. The average molecular weight is 274 g/mol. The van der Waals surface area contributed by atoms with Crippen molar-refractivity contribution in [3.63, 3.8) is 0 Å². The number of ether oxygens (including phenoxy) is 1. The molecule has 0 aliphatic heterocycles. The van der Waals surface area contributed by atoms with Gasteiger partial charge in [0.25, 0.3) is 0 Å². The first kappa shape index (κ1) is 15.1. The number of benzene rings is 1. The zero-order chi connectivity index (χ0) is 14.6. The SMILES string of the molecule is CCCC1(CC)CCCC1OC(=O)c1cccc(C)c1. The van der Waals surface area contributed by atoms with Crippen LogP contribution in [0.3, 0.4) is 0 Å². The molecule has 1 aliphatic carbocycles. The summed E-state index contributed by atoms with van der Waals surface area (Å²) >= 11 is 0. The van der Waals surface area contributed by atoms with Crippen LogP contribution in [0, 0.1) is 12.3 Å². The molecule has 20 heavy (non-hydrogen) atoms. The Morgan fingerprint density at radius 2 is 2.20 bits per heavy atom. The third-order valence-electron chi connectivity index (χ3n) is 4.78. The third-order valence-corrected chi connectivity index (χ3v) is 4.78. The van der Waals surface area contributed by atoms with Gasteiger partial charge in [0.05, 0.1) is 5.56 Å². The van der Waals surface area contributed by atoms with Crippen molar-refractivity contribution in [3.05, 3.63) is 35.4 Å². The summed E-state index contributed by atoms with van der Waals surface area (Å²) in [6, 6.07) is 7.67. The van der Waals surface area contributed by atoms with E-state index in [-0.39, 0.29) is 17.5 Å². The van der Waals surface area contributed by atoms with Crippen LogP contribution in [0.5, 0.6) is 0 Å². The maximum atomic E-state index is 12.3. The van der Waals surface area contributed by atoms with Crippen molar-refractivity contribution in [1.29, 1.82) is 0 Å². The third kappa shape index (κ3) is 3.05. The van der Waals surface area contributed by atoms with E-state index in [9.17, 15) is 4.79 Å². The molecule has 1 aromatic carbocycles. The lowest BCUT2D eigenvalue weighted by molar-refractivity contribution is -0.0102. The molecule has 1 saturated carbocycles. The highest BCUT2D eigenvalue weighted by Gasteiger charge is 2.43. The quantitative estimate of drug-likeness (QED) is 0.714. The molecule has 0 amide bonds. The van der Waals surface area contributed by atoms with Gasteiger partial charge in [0.1, 0.15) is 6.10 Å². The van der Waals surface area contributed by atoms with Crippen molar-refractivity contribution >= 4 is 5.97 Å². The van der Waals surface area contributed by atoms with E-state index >= 15 is 0 Å². The first-order valence-electron chi connectivity index (χ1n) is 7.89. The molecule has 2 heteroatoms. The van der Waals surface area contributed by atoms with Gasteiger partial charge in [-0.3, -0.25) is 0 Å². The van der Waals surface area contributed by atoms with Crippen molar-refractivity contribution in [3.8, 4) is 0 Å². The van der Waals surface area contributed by atoms with E-state index in [0.717, 1.165) is 31.2 Å². The first-order valence-corrected chi connectivity index (χ1v) is 7.89. The van der Waals surface area contributed by atoms with Gasteiger partial charge in [0.15, 0.2) is 0 Å². The van der Waals surface area contributed by atoms with Crippen LogP contribution >= 0.6 is 0 Å². The molecule has 1 fully saturated rings. The zero-order valence-electron chi connectivity index (χ0n) is 12.9. The minimum Gasteiger partial charge on any atom is -0.458 e. The second kappa shape index (κ2) is 6.43. The maximum absolute atomic E-state index is 12.3. The van der Waals surface area contributed by atoms with Crippen LogP contribution in [0.25, 0.3) is 0 Å². The second-order valence-corrected chi connectivity index (χ2v) is 6.12. The Balaban J connectivity index is 2.10. The van der Waals surface area contributed by atoms with Gasteiger partial charge in [-0.15, -0.1) is 0 Å². The van der Waals surface area contributed by atoms with Crippen molar-refractivity contribution in [2.45, 2.75) is 65.4 Å². The fourth-order valence-corrected chi connectivity index (χ4v) is 3.63. The fraction of sp³-hybridized carbons (Fsp3) is 0.611. The van der Waals surface area contributed by atoms with Gasteiger partial charge in [-0.2, -0.15) is 0 Å². The van der Waals surface area contributed by atoms with Gasteiger partial charge < -0.3 is 4.74 Å². The van der Waals surface area contributed by atoms with Crippen LogP contribution in [0.15, 0.2) is 24.3 Å². The molecule has 0 spiro atoms. The largest absolute Gasteiger partial charge is 0.458 e. The average Bonchev–Trinajstić information content (AvgIpc) is 2.82. The number of aryl methyl sites for hydroxylation is 1. The Morgan fingerprint density at radius 1 is 1.40 bits per heavy atom. The Labute approximate surface area is 122 Å². The van der Waals surface area contributed by atoms with Crippen molar-refractivity contribution in [2.75, 3.05) is 0 Å². The molecular weight excluding hydrogens is 248 g/mol. The normalized spacial score (nSPS) is 25.6. The highest BCUT2D eigenvalue weighted by atomic mass is 16.5. The van der Waals surface area contributed by atoms with Gasteiger partial charge in [-0.1, -0.05) is 38.0 Å². The molecule has 0 N–H and O–H groups in total. The number of hydrogen-bond donors (Lipinski definition) is 0. The molecule has 1 aromatic rings. The van der Waals surface area contributed by atoms with Crippen LogP contribution in [-0.4, -0.2) is 12.1 Å². The Hall–Kier alpha value is -1.31. The predicted octanol–water partition coefficient (Wildman–Crippen LogP) is 4.90. The molecule has 0 saturated heterocycles. The minimum atomic E-state index is -0.158. The van der Waals surface area contributed by atoms with Gasteiger partial charge >= 0.3 is 5.97 Å². The summed E-state index contributed by atoms with van der Waals surface area (Å²) < 4.78 is 5.87. The van der Waals surface area contributed by atoms with Crippen LogP contribution in [-0.2, 0) is 4.74 Å². The van der Waals surface area contributed by atoms with Crippen molar-refractivity contribution < 1.29 is 9.53 Å². The molecule has 0 bridgehead atoms. The maximum Gasteiger partial charge on any atom is 0.338 e. The Morgan fingerprint density at radius 3 is 2.85 bits per heavy atom. The van der Waals surface area contributed by atoms with E-state index in [0.29, 0.717) is 5.56 Å². The summed E-state index contributed by atoms with van der Waals surface area (Å²) in [7, 11) is 0. The van der Waals surface area contributed by atoms with Gasteiger partial charge in [-0.05, 0) is 51.2 Å². The topological polar surface area (TPSA) is 26.3 Å². The number of esters is 1. The molecular formula is C18H26O2. The van der Waals surface area contributed by atoms with E-state index in [1.165, 1.54) is 12.8 Å². The van der Waals surface area contributed by atoms with E-state index in [1.54, 1.807) is 0 Å². The summed E-state index contributed by atoms with van der Waals surface area (Å²) in [5.74, 6) is -0.158. The van der Waals surface area contributed by atoms with Crippen LogP contribution in [0.2, 0.25) is 0 Å². The number of carbonyl (C=O) groups is 1. The van der Waals surface area contributed by atoms with Gasteiger partial charge in [0.2, 0.25) is 0 Å². The molecule has 2 nitrogen and oxygen atoms in total. The lowest BCUT2D eigenvalue weighted by Crippen LogP contribution is -2.33. The molecule has 2 rings (SSSR count). The molecule has 0 heterocycles. The highest BCUT2D eigenvalue weighted by molar-refractivity contribution is 5.89. The molecule has 110 valence electrons. The molecule has 2 unspecified atom stereocenters. The van der Waals surface area contributed by atoms with Gasteiger partial charge in [-0.25, -0.2) is 4.79 Å². The summed E-state index contributed by atoms with van der Waals surface area (Å²) in [5, 5.41) is 0. The molecule has 2 atom stereocenters. The number of carbonyl (C=O) groups excluding carboxylic acids is 1. The van der Waals surface area contributed by atoms with E-state index in [2.05, 4.69) is 13.8 Å². The number of hydrogen-bond acceptors (Lipinski definition) is 2. The predicted molar refractivity (Wildman–Crippen MR) is 81.9 cm³/mol. The van der Waals surface area contributed by atoms with Crippen LogP contribution in [0.4, 0.5) is 0 Å². The second-order valence-electron chi connectivity index (χ2n) is 6.12. The van der Waals surface area contributed by atoms with Crippen molar-refractivity contribution in [1.82, 2.24) is 0 Å². The van der Waals surface area contributed by atoms with Gasteiger partial charge in [0, 0.05) is 5.41 Å². The first-order chi connectivity index (χ1) is 9.61. The Kier molecular flexibility index (Phi) is 4.85. The summed E-state index contributed by atoms with van der Waals surface area (Å²) in [4.78, 5) is 12.3. The van der Waals surface area contributed by atoms with E-state index < -0.39 is 0 Å². The lowest BCUT2D eigenvalue weighted by Gasteiger charge is -2.34. The lowest BCUT2D eigenvalue weighted by atomic mass is 9.77. The molecule has 0 aromatic heterocycles. The van der Waals surface area contributed by atoms with E-state index in [1.807, 2.05) is 31.2 Å². The summed E-state index contributed by atoms with van der Waals surface area (Å²) in [5.41, 5.74) is 1.99. The molecule has 0 radical (unpaired) electrons. The molecule has 1 aliphatic rings. The number of rotatable bonds is 5.